The number of likely N-dealkylation sites (tertiary alicyclic amines) is 1. The molecule has 3 unspecified atom stereocenters. The minimum absolute atomic E-state index is 0.0122. The lowest BCUT2D eigenvalue weighted by Gasteiger charge is -2.34. The van der Waals surface area contributed by atoms with Gasteiger partial charge in [0.2, 0.25) is 12.3 Å². The summed E-state index contributed by atoms with van der Waals surface area (Å²) < 4.78 is 5.67. The highest BCUT2D eigenvalue weighted by molar-refractivity contribution is 5.84. The average molecular weight is 432 g/mol. The quantitative estimate of drug-likeness (QED) is 0.468. The Morgan fingerprint density at radius 3 is 2.55 bits per heavy atom. The molecule has 0 spiro atoms. The summed E-state index contributed by atoms with van der Waals surface area (Å²) >= 11 is 0. The zero-order chi connectivity index (χ0) is 22.6. The highest BCUT2D eigenvalue weighted by atomic mass is 16.6. The normalized spacial score (nSPS) is 33.5. The van der Waals surface area contributed by atoms with Gasteiger partial charge in [0.1, 0.15) is 0 Å². The number of aliphatic hydroxyl groups is 1. The lowest BCUT2D eigenvalue weighted by atomic mass is 9.78. The molecule has 3 N–H and O–H groups in total. The first kappa shape index (κ1) is 24.2. The van der Waals surface area contributed by atoms with Crippen LogP contribution < -0.4 is 5.32 Å². The Hall–Kier alpha value is -1.42. The summed E-state index contributed by atoms with van der Waals surface area (Å²) in [7, 11) is 0. The topological polar surface area (TPSA) is 85.7 Å². The van der Waals surface area contributed by atoms with Crippen LogP contribution in [0, 0.1) is 35.0 Å². The second-order valence-electron chi connectivity index (χ2n) is 10.6. The van der Waals surface area contributed by atoms with Crippen molar-refractivity contribution in [1.82, 2.24) is 10.2 Å². The second-order valence-corrected chi connectivity index (χ2v) is 10.6. The van der Waals surface area contributed by atoms with Crippen molar-refractivity contribution in [3.8, 4) is 11.8 Å². The van der Waals surface area contributed by atoms with Crippen molar-refractivity contribution >= 4 is 11.6 Å². The zero-order valence-electron chi connectivity index (χ0n) is 19.7. The zero-order valence-corrected chi connectivity index (χ0v) is 19.7. The van der Waals surface area contributed by atoms with Crippen LogP contribution in [0.1, 0.15) is 85.5 Å². The molecule has 3 rings (SSSR count). The highest BCUT2D eigenvalue weighted by Crippen LogP contribution is 2.29. The summed E-state index contributed by atoms with van der Waals surface area (Å²) in [5.41, 5.74) is 0.397. The Morgan fingerprint density at radius 2 is 1.87 bits per heavy atom. The van der Waals surface area contributed by atoms with E-state index in [0.717, 1.165) is 63.5 Å². The van der Waals surface area contributed by atoms with E-state index in [0.29, 0.717) is 24.3 Å². The first-order chi connectivity index (χ1) is 14.6. The number of carbonyl (C=O) groups is 1. The maximum atomic E-state index is 12.9. The van der Waals surface area contributed by atoms with Gasteiger partial charge in [-0.25, -0.2) is 4.90 Å². The number of hydrogen-bond donors (Lipinski definition) is 3. The fourth-order valence-corrected chi connectivity index (χ4v) is 5.05. The van der Waals surface area contributed by atoms with Gasteiger partial charge in [-0.1, -0.05) is 18.8 Å². The Balaban J connectivity index is 1.46. The number of rotatable bonds is 4. The van der Waals surface area contributed by atoms with Crippen molar-refractivity contribution in [3.05, 3.63) is 0 Å². The summed E-state index contributed by atoms with van der Waals surface area (Å²) in [5.74, 6) is 8.03. The minimum Gasteiger partial charge on any atom is -0.356 e. The van der Waals surface area contributed by atoms with Crippen molar-refractivity contribution < 1.29 is 14.6 Å². The van der Waals surface area contributed by atoms with Gasteiger partial charge in [0.25, 0.3) is 0 Å². The molecule has 0 radical (unpaired) electrons. The number of nitrogens with zero attached hydrogens (tertiary/aromatic N) is 1. The largest absolute Gasteiger partial charge is 0.356 e. The summed E-state index contributed by atoms with van der Waals surface area (Å²) in [4.78, 5) is 14.7. The van der Waals surface area contributed by atoms with E-state index < -0.39 is 12.0 Å². The molecule has 1 aliphatic heterocycles. The maximum absolute atomic E-state index is 12.9. The predicted octanol–water partition coefficient (Wildman–Crippen LogP) is 3.68. The summed E-state index contributed by atoms with van der Waals surface area (Å²) in [6, 6.07) is -0.131. The van der Waals surface area contributed by atoms with Gasteiger partial charge in [0, 0.05) is 36.1 Å². The van der Waals surface area contributed by atoms with Crippen molar-refractivity contribution in [2.45, 2.75) is 110 Å². The van der Waals surface area contributed by atoms with E-state index >= 15 is 0 Å². The van der Waals surface area contributed by atoms with Crippen LogP contribution in [-0.2, 0) is 9.53 Å². The molecular formula is C25H41N3O3. The van der Waals surface area contributed by atoms with Crippen LogP contribution in [0.2, 0.25) is 0 Å². The molecular weight excluding hydrogens is 390 g/mol. The van der Waals surface area contributed by atoms with Gasteiger partial charge in [0.05, 0.1) is 11.6 Å². The molecule has 0 bridgehead atoms. The third-order valence-electron chi connectivity index (χ3n) is 7.00. The number of hydrogen-bond acceptors (Lipinski definition) is 5. The number of nitrogens with one attached hydrogen (secondary N) is 2. The van der Waals surface area contributed by atoms with Crippen LogP contribution in [0.5, 0.6) is 0 Å². The van der Waals surface area contributed by atoms with Gasteiger partial charge in [0.15, 0.2) is 0 Å². The third-order valence-corrected chi connectivity index (χ3v) is 7.00. The molecule has 2 saturated carbocycles. The van der Waals surface area contributed by atoms with E-state index in [-0.39, 0.29) is 18.0 Å². The highest BCUT2D eigenvalue weighted by Gasteiger charge is 2.37. The van der Waals surface area contributed by atoms with Crippen molar-refractivity contribution in [2.75, 3.05) is 6.54 Å². The molecule has 1 heterocycles. The minimum atomic E-state index is -1.05. The molecule has 3 aliphatic rings. The van der Waals surface area contributed by atoms with Crippen LogP contribution in [0.15, 0.2) is 0 Å². The molecule has 3 fully saturated rings. The van der Waals surface area contributed by atoms with E-state index in [1.54, 1.807) is 4.90 Å². The van der Waals surface area contributed by atoms with E-state index in [2.05, 4.69) is 24.1 Å². The van der Waals surface area contributed by atoms with Gasteiger partial charge in [-0.15, -0.1) is 0 Å². The SMILES string of the molecule is CC1C(=N)CCCC1C#CC1CCC(NC(=O)[C@H]2CCCN2C(O)OC(C)(C)C)CC1. The van der Waals surface area contributed by atoms with Crippen LogP contribution >= 0.6 is 0 Å². The number of aliphatic hydroxyl groups excluding tert-OH is 1. The molecule has 0 aromatic rings. The predicted molar refractivity (Wildman–Crippen MR) is 122 cm³/mol. The van der Waals surface area contributed by atoms with Crippen LogP contribution in [0.25, 0.3) is 0 Å². The third kappa shape index (κ3) is 6.78. The Kier molecular flexibility index (Phi) is 8.18. The standard InChI is InChI=1S/C25H41N3O3/c1-17-19(7-5-8-21(17)26)13-10-18-11-14-20(15-12-18)27-23(29)22-9-6-16-28(22)24(30)31-25(2,3)4/h17-20,22,24,26,30H,5-9,11-12,14-16H2,1-4H3,(H,27,29)/t17?,18?,19?,20?,22-,24?/m1/s1. The summed E-state index contributed by atoms with van der Waals surface area (Å²) in [6.07, 6.45) is 7.67. The number of amides is 1. The summed E-state index contributed by atoms with van der Waals surface area (Å²) in [5, 5.41) is 21.7. The fourth-order valence-electron chi connectivity index (χ4n) is 5.05. The Labute approximate surface area is 188 Å². The number of carbonyl (C=O) groups excluding carboxylic acids is 1. The molecule has 1 amide bonds. The molecule has 1 saturated heterocycles. The molecule has 0 aromatic carbocycles. The van der Waals surface area contributed by atoms with E-state index in [9.17, 15) is 9.90 Å². The lowest BCUT2D eigenvalue weighted by molar-refractivity contribution is -0.241. The van der Waals surface area contributed by atoms with Gasteiger partial charge in [-0.05, 0) is 78.6 Å². The molecule has 2 aliphatic carbocycles. The summed E-state index contributed by atoms with van der Waals surface area (Å²) in [6.45, 7) is 8.53. The molecule has 31 heavy (non-hydrogen) atoms. The van der Waals surface area contributed by atoms with E-state index in [4.69, 9.17) is 10.1 Å². The lowest BCUT2D eigenvalue weighted by Crippen LogP contribution is -2.52. The van der Waals surface area contributed by atoms with Crippen LogP contribution in [0.4, 0.5) is 0 Å². The smallest absolute Gasteiger partial charge is 0.237 e. The monoisotopic (exact) mass is 431 g/mol. The molecule has 6 nitrogen and oxygen atoms in total. The maximum Gasteiger partial charge on any atom is 0.237 e. The molecule has 4 atom stereocenters. The number of ether oxygens (including phenoxy) is 1. The van der Waals surface area contributed by atoms with Gasteiger partial charge in [-0.3, -0.25) is 4.79 Å². The molecule has 6 heteroatoms. The fraction of sp³-hybridized carbons (Fsp3) is 0.840. The molecule has 174 valence electrons. The first-order valence-electron chi connectivity index (χ1n) is 12.1. The average Bonchev–Trinajstić information content (AvgIpc) is 3.19. The van der Waals surface area contributed by atoms with Crippen molar-refractivity contribution in [3.63, 3.8) is 0 Å². The van der Waals surface area contributed by atoms with E-state index in [1.165, 1.54) is 0 Å². The molecule has 0 aromatic heterocycles. The van der Waals surface area contributed by atoms with Crippen molar-refractivity contribution in [2.24, 2.45) is 17.8 Å². The Morgan fingerprint density at radius 1 is 1.16 bits per heavy atom. The van der Waals surface area contributed by atoms with Gasteiger partial charge < -0.3 is 20.6 Å². The van der Waals surface area contributed by atoms with Gasteiger partial charge in [-0.2, -0.15) is 0 Å². The first-order valence-corrected chi connectivity index (χ1v) is 12.1. The Bertz CT molecular complexity index is 697. The second kappa shape index (κ2) is 10.5. The van der Waals surface area contributed by atoms with E-state index in [1.807, 2.05) is 20.8 Å². The van der Waals surface area contributed by atoms with Crippen LogP contribution in [-0.4, -0.2) is 52.3 Å². The van der Waals surface area contributed by atoms with Crippen LogP contribution in [0.3, 0.4) is 0 Å². The van der Waals surface area contributed by atoms with Gasteiger partial charge >= 0.3 is 0 Å². The van der Waals surface area contributed by atoms with Crippen molar-refractivity contribution in [1.29, 1.82) is 5.41 Å².